The molecule has 3 aliphatic rings. The zero-order chi connectivity index (χ0) is 22.9. The number of ether oxygens (including phenoxy) is 1. The fourth-order valence-electron chi connectivity index (χ4n) is 5.71. The Balaban J connectivity index is 0.00000274. The molecule has 0 unspecified atom stereocenters. The maximum absolute atomic E-state index is 13.0. The number of carbonyl (C=O) groups is 2. The van der Waals surface area contributed by atoms with Crippen LogP contribution in [0.5, 0.6) is 0 Å². The molecule has 34 heavy (non-hydrogen) atoms. The lowest BCUT2D eigenvalue weighted by molar-refractivity contribution is -0.143. The van der Waals surface area contributed by atoms with Crippen molar-refractivity contribution in [2.75, 3.05) is 26.3 Å². The minimum atomic E-state index is -0.655. The Kier molecular flexibility index (Phi) is 8.17. The highest BCUT2D eigenvalue weighted by Gasteiger charge is 2.32. The topological polar surface area (TPSA) is 96.7 Å². The summed E-state index contributed by atoms with van der Waals surface area (Å²) < 4.78 is 7.62. The largest absolute Gasteiger partial charge is 0.481 e. The van der Waals surface area contributed by atoms with E-state index in [-0.39, 0.29) is 30.3 Å². The lowest BCUT2D eigenvalue weighted by Crippen LogP contribution is -2.47. The van der Waals surface area contributed by atoms with E-state index in [2.05, 4.69) is 14.9 Å². The molecule has 1 saturated carbocycles. The second-order valence-electron chi connectivity index (χ2n) is 9.83. The quantitative estimate of drug-likeness (QED) is 0.630. The number of fused-ring (bicyclic) bond motifs is 1. The number of nitrogens with zero attached hydrogens (tertiary/aromatic N) is 3. The van der Waals surface area contributed by atoms with Crippen molar-refractivity contribution in [3.05, 3.63) is 16.6 Å². The van der Waals surface area contributed by atoms with E-state index in [0.717, 1.165) is 98.5 Å². The fraction of sp³-hybridized carbons (Fsp3) is 0.708. The number of carboxylic acid groups (broad SMARTS) is 1. The van der Waals surface area contributed by atoms with Crippen molar-refractivity contribution in [3.63, 3.8) is 0 Å². The van der Waals surface area contributed by atoms with Crippen LogP contribution < -0.4 is 5.32 Å². The average Bonchev–Trinajstić information content (AvgIpc) is 3.41. The molecule has 0 radical (unpaired) electrons. The van der Waals surface area contributed by atoms with Gasteiger partial charge >= 0.3 is 5.97 Å². The molecule has 10 heteroatoms. The van der Waals surface area contributed by atoms with E-state index in [1.165, 1.54) is 0 Å². The molecular formula is C24H35ClN4O4S. The molecule has 188 valence electrons. The van der Waals surface area contributed by atoms with E-state index in [4.69, 9.17) is 9.84 Å². The van der Waals surface area contributed by atoms with Gasteiger partial charge in [-0.05, 0) is 77.4 Å². The monoisotopic (exact) mass is 510 g/mol. The molecular weight excluding hydrogens is 476 g/mol. The van der Waals surface area contributed by atoms with Gasteiger partial charge in [0.15, 0.2) is 0 Å². The van der Waals surface area contributed by atoms with E-state index in [9.17, 15) is 14.7 Å². The van der Waals surface area contributed by atoms with Gasteiger partial charge in [-0.25, -0.2) is 0 Å². The van der Waals surface area contributed by atoms with Gasteiger partial charge < -0.3 is 20.1 Å². The highest BCUT2D eigenvalue weighted by molar-refractivity contribution is 7.20. The average molecular weight is 511 g/mol. The molecule has 4 heterocycles. The molecule has 2 saturated heterocycles. The molecule has 1 amide bonds. The summed E-state index contributed by atoms with van der Waals surface area (Å²) in [5.74, 6) is -0.807. The highest BCUT2D eigenvalue weighted by atomic mass is 35.5. The number of aryl methyl sites for hydroxylation is 1. The lowest BCUT2D eigenvalue weighted by atomic mass is 9.87. The van der Waals surface area contributed by atoms with Crippen LogP contribution in [0.15, 0.2) is 6.07 Å². The number of amides is 1. The summed E-state index contributed by atoms with van der Waals surface area (Å²) in [6.45, 7) is 5.31. The summed E-state index contributed by atoms with van der Waals surface area (Å²) in [7, 11) is 0. The lowest BCUT2D eigenvalue weighted by Gasteiger charge is -2.40. The molecule has 0 bridgehead atoms. The third-order valence-electron chi connectivity index (χ3n) is 7.76. The number of aromatic nitrogens is 2. The van der Waals surface area contributed by atoms with Crippen LogP contribution in [0.2, 0.25) is 0 Å². The second-order valence-corrected chi connectivity index (χ2v) is 10.9. The molecule has 2 aromatic heterocycles. The molecule has 8 nitrogen and oxygen atoms in total. The van der Waals surface area contributed by atoms with Crippen LogP contribution >= 0.6 is 23.7 Å². The summed E-state index contributed by atoms with van der Waals surface area (Å²) in [5.41, 5.74) is 0.985. The zero-order valence-electron chi connectivity index (χ0n) is 19.7. The Morgan fingerprint density at radius 1 is 1.06 bits per heavy atom. The number of hydrogen-bond donors (Lipinski definition) is 2. The van der Waals surface area contributed by atoms with E-state index >= 15 is 0 Å². The van der Waals surface area contributed by atoms with Crippen LogP contribution in [0, 0.1) is 12.8 Å². The first-order chi connectivity index (χ1) is 16.0. The van der Waals surface area contributed by atoms with Crippen molar-refractivity contribution in [2.24, 2.45) is 5.92 Å². The maximum Gasteiger partial charge on any atom is 0.306 e. The van der Waals surface area contributed by atoms with Crippen LogP contribution in [0.25, 0.3) is 10.2 Å². The standard InChI is InChI=1S/C24H34N4O4S.ClH/c1-15-20-14-21(33-23(20)28(26-15)19-8-12-32-13-9-19)22(29)25-17-2-4-18(5-3-17)27-10-6-16(7-11-27)24(30)31;/h14,16-19H,2-13H2,1H3,(H,25,29)(H,30,31);1H. The van der Waals surface area contributed by atoms with Crippen molar-refractivity contribution in [1.29, 1.82) is 0 Å². The Morgan fingerprint density at radius 3 is 2.38 bits per heavy atom. The summed E-state index contributed by atoms with van der Waals surface area (Å²) in [4.78, 5) is 28.6. The van der Waals surface area contributed by atoms with Gasteiger partial charge in [-0.15, -0.1) is 23.7 Å². The number of rotatable bonds is 5. The molecule has 2 aliphatic heterocycles. The number of thiophene rings is 1. The van der Waals surface area contributed by atoms with Gasteiger partial charge in [-0.3, -0.25) is 14.3 Å². The van der Waals surface area contributed by atoms with Gasteiger partial charge in [-0.1, -0.05) is 0 Å². The van der Waals surface area contributed by atoms with Gasteiger partial charge in [0, 0.05) is 30.7 Å². The Hall–Kier alpha value is -1.68. The van der Waals surface area contributed by atoms with Crippen molar-refractivity contribution < 1.29 is 19.4 Å². The molecule has 5 rings (SSSR count). The fourth-order valence-corrected chi connectivity index (χ4v) is 6.85. The molecule has 0 aromatic carbocycles. The SMILES string of the molecule is Cc1nn(C2CCOCC2)c2sc(C(=O)NC3CCC(N4CCC(C(=O)O)CC4)CC3)cc12.Cl. The molecule has 2 aromatic rings. The smallest absolute Gasteiger partial charge is 0.306 e. The Bertz CT molecular complexity index is 1000. The van der Waals surface area contributed by atoms with Crippen LogP contribution in [-0.4, -0.2) is 70.1 Å². The van der Waals surface area contributed by atoms with E-state index in [0.29, 0.717) is 12.1 Å². The van der Waals surface area contributed by atoms with E-state index in [1.54, 1.807) is 11.3 Å². The predicted molar refractivity (Wildman–Crippen MR) is 134 cm³/mol. The molecule has 3 fully saturated rings. The van der Waals surface area contributed by atoms with Gasteiger partial charge in [-0.2, -0.15) is 5.10 Å². The van der Waals surface area contributed by atoms with Crippen molar-refractivity contribution in [1.82, 2.24) is 20.0 Å². The van der Waals surface area contributed by atoms with E-state index in [1.807, 2.05) is 13.0 Å². The number of hydrogen-bond acceptors (Lipinski definition) is 6. The van der Waals surface area contributed by atoms with Gasteiger partial charge in [0.25, 0.3) is 5.91 Å². The van der Waals surface area contributed by atoms with Gasteiger partial charge in [0.1, 0.15) is 4.83 Å². The van der Waals surface area contributed by atoms with Crippen LogP contribution in [0.1, 0.15) is 72.8 Å². The number of carbonyl (C=O) groups excluding carboxylic acids is 1. The minimum absolute atomic E-state index is 0. The molecule has 0 atom stereocenters. The minimum Gasteiger partial charge on any atom is -0.481 e. The van der Waals surface area contributed by atoms with Crippen molar-refractivity contribution in [2.45, 2.75) is 76.4 Å². The van der Waals surface area contributed by atoms with E-state index < -0.39 is 5.97 Å². The zero-order valence-corrected chi connectivity index (χ0v) is 21.3. The van der Waals surface area contributed by atoms with Crippen LogP contribution in [0.3, 0.4) is 0 Å². The number of aliphatic carboxylic acids is 1. The third-order valence-corrected chi connectivity index (χ3v) is 8.88. The first kappa shape index (κ1) is 25.4. The molecule has 0 spiro atoms. The van der Waals surface area contributed by atoms with Crippen LogP contribution in [-0.2, 0) is 9.53 Å². The second kappa shape index (κ2) is 10.9. The van der Waals surface area contributed by atoms with Gasteiger partial charge in [0.2, 0.25) is 0 Å². The highest BCUT2D eigenvalue weighted by Crippen LogP contribution is 2.34. The number of nitrogens with one attached hydrogen (secondary N) is 1. The Morgan fingerprint density at radius 2 is 1.74 bits per heavy atom. The summed E-state index contributed by atoms with van der Waals surface area (Å²) in [5, 5.41) is 18.3. The number of likely N-dealkylation sites (tertiary alicyclic amines) is 1. The van der Waals surface area contributed by atoms with Crippen molar-refractivity contribution in [3.8, 4) is 0 Å². The normalized spacial score (nSPS) is 25.2. The number of carboxylic acids is 1. The third kappa shape index (κ3) is 5.27. The Labute approximate surface area is 210 Å². The van der Waals surface area contributed by atoms with Crippen molar-refractivity contribution >= 4 is 45.8 Å². The van der Waals surface area contributed by atoms with Gasteiger partial charge in [0.05, 0.1) is 22.5 Å². The summed E-state index contributed by atoms with van der Waals surface area (Å²) in [6, 6.07) is 3.08. The summed E-state index contributed by atoms with van der Waals surface area (Å²) in [6.07, 6.45) is 7.52. The summed E-state index contributed by atoms with van der Waals surface area (Å²) >= 11 is 1.55. The first-order valence-electron chi connectivity index (χ1n) is 12.3. The number of piperidine rings is 1. The first-order valence-corrected chi connectivity index (χ1v) is 13.2. The maximum atomic E-state index is 13.0. The van der Waals surface area contributed by atoms with Crippen LogP contribution in [0.4, 0.5) is 0 Å². The number of halogens is 1. The molecule has 1 aliphatic carbocycles. The predicted octanol–water partition coefficient (Wildman–Crippen LogP) is 4.02. The molecule has 2 N–H and O–H groups in total.